The maximum atomic E-state index is 4.79. The summed E-state index contributed by atoms with van der Waals surface area (Å²) in [6.45, 7) is 0. The molecule has 0 aliphatic heterocycles. The van der Waals surface area contributed by atoms with E-state index in [9.17, 15) is 0 Å². The van der Waals surface area contributed by atoms with Crippen LogP contribution in [0.15, 0.2) is 0 Å². The molecule has 0 aromatic carbocycles. The molecule has 0 fully saturated rings. The molecule has 0 aromatic heterocycles. The van der Waals surface area contributed by atoms with Crippen LogP contribution in [-0.2, 0) is 14.0 Å². The van der Waals surface area contributed by atoms with Crippen molar-refractivity contribution in [2.75, 3.05) is 21.3 Å². The third kappa shape index (κ3) is 3.07. The second-order valence-electron chi connectivity index (χ2n) is 1.36. The molecule has 0 radical (unpaired) electrons. The number of hydrogen-bond acceptors (Lipinski definition) is 3. The fraction of sp³-hybridized carbons (Fsp3) is 1.00. The van der Waals surface area contributed by atoms with Crippen LogP contribution in [0.1, 0.15) is 0 Å². The molecule has 0 N–H and O–H groups in total. The first-order valence-corrected chi connectivity index (χ1v) is 2.39. The van der Waals surface area contributed by atoms with Gasteiger partial charge in [-0.3, -0.25) is 0 Å². The molecule has 0 rings (SSSR count). The normalized spacial score (nSPS) is 8.88. The van der Waals surface area contributed by atoms with Crippen molar-refractivity contribution in [3.8, 4) is 0 Å². The standard InChI is InChI=1S/C3H10B2O3/c1-6-4-5(7-2)8-3/h4H,1-3H3. The lowest BCUT2D eigenvalue weighted by atomic mass is 9.56. The van der Waals surface area contributed by atoms with E-state index in [1.54, 1.807) is 21.3 Å². The largest absolute Gasteiger partial charge is 0.444 e. The van der Waals surface area contributed by atoms with Crippen LogP contribution in [0.4, 0.5) is 0 Å². The third-order valence-electron chi connectivity index (χ3n) is 0.829. The first-order chi connectivity index (χ1) is 3.85. The van der Waals surface area contributed by atoms with Crippen molar-refractivity contribution < 1.29 is 14.0 Å². The Morgan fingerprint density at radius 1 is 1.12 bits per heavy atom. The van der Waals surface area contributed by atoms with Crippen molar-refractivity contribution in [3.05, 3.63) is 0 Å². The highest BCUT2D eigenvalue weighted by atomic mass is 16.6. The second kappa shape index (κ2) is 5.15. The molecule has 0 aliphatic rings. The molecule has 0 aliphatic carbocycles. The lowest BCUT2D eigenvalue weighted by Gasteiger charge is -2.03. The van der Waals surface area contributed by atoms with Gasteiger partial charge in [-0.05, 0) is 0 Å². The quantitative estimate of drug-likeness (QED) is 0.452. The van der Waals surface area contributed by atoms with Crippen LogP contribution in [0.3, 0.4) is 0 Å². The summed E-state index contributed by atoms with van der Waals surface area (Å²) in [6.07, 6.45) is 0. The Morgan fingerprint density at radius 2 is 1.62 bits per heavy atom. The van der Waals surface area contributed by atoms with Crippen LogP contribution < -0.4 is 0 Å². The maximum absolute atomic E-state index is 4.79. The minimum atomic E-state index is -0.222. The molecule has 0 aromatic rings. The average Bonchev–Trinajstić information content (AvgIpc) is 1.83. The second-order valence-corrected chi connectivity index (χ2v) is 1.36. The summed E-state index contributed by atoms with van der Waals surface area (Å²) in [5.74, 6) is 0. The molecular formula is C3H10B2O3. The minimum absolute atomic E-state index is 0.222. The Hall–Kier alpha value is 0.00987. The molecule has 0 amide bonds. The van der Waals surface area contributed by atoms with Gasteiger partial charge in [-0.25, -0.2) is 0 Å². The Labute approximate surface area is 50.7 Å². The lowest BCUT2D eigenvalue weighted by Crippen LogP contribution is -2.28. The van der Waals surface area contributed by atoms with Crippen LogP contribution in [-0.4, -0.2) is 35.7 Å². The van der Waals surface area contributed by atoms with E-state index in [0.717, 1.165) is 0 Å². The highest BCUT2D eigenvalue weighted by Crippen LogP contribution is 1.79. The summed E-state index contributed by atoms with van der Waals surface area (Å²) < 4.78 is 14.3. The fourth-order valence-corrected chi connectivity index (χ4v) is 0.368. The topological polar surface area (TPSA) is 27.7 Å². The van der Waals surface area contributed by atoms with E-state index in [0.29, 0.717) is 7.37 Å². The molecule has 0 unspecified atom stereocenters. The summed E-state index contributed by atoms with van der Waals surface area (Å²) >= 11 is 0. The molecule has 5 heteroatoms. The summed E-state index contributed by atoms with van der Waals surface area (Å²) in [6, 6.07) is 0. The summed E-state index contributed by atoms with van der Waals surface area (Å²) in [7, 11) is 5.01. The average molecular weight is 116 g/mol. The summed E-state index contributed by atoms with van der Waals surface area (Å²) in [5, 5.41) is 0. The van der Waals surface area contributed by atoms with Crippen LogP contribution in [0, 0.1) is 0 Å². The fourth-order valence-electron chi connectivity index (χ4n) is 0.368. The first-order valence-electron chi connectivity index (χ1n) is 2.39. The number of hydrogen-bond donors (Lipinski definition) is 0. The molecule has 46 valence electrons. The predicted molar refractivity (Wildman–Crippen MR) is 33.9 cm³/mol. The van der Waals surface area contributed by atoms with E-state index in [2.05, 4.69) is 0 Å². The molecule has 0 heterocycles. The van der Waals surface area contributed by atoms with Crippen molar-refractivity contribution in [2.24, 2.45) is 0 Å². The third-order valence-corrected chi connectivity index (χ3v) is 0.829. The maximum Gasteiger partial charge on any atom is 0.440 e. The van der Waals surface area contributed by atoms with Gasteiger partial charge in [0.1, 0.15) is 0 Å². The lowest BCUT2D eigenvalue weighted by molar-refractivity contribution is 0.289. The molecular weight excluding hydrogens is 106 g/mol. The molecule has 0 bridgehead atoms. The molecule has 8 heavy (non-hydrogen) atoms. The number of rotatable bonds is 4. The Kier molecular flexibility index (Phi) is 5.16. The Balaban J connectivity index is 3.07. The summed E-state index contributed by atoms with van der Waals surface area (Å²) in [5.41, 5.74) is 0. The van der Waals surface area contributed by atoms with Gasteiger partial charge in [-0.2, -0.15) is 0 Å². The van der Waals surface area contributed by atoms with Crippen LogP contribution in [0.25, 0.3) is 0 Å². The highest BCUT2D eigenvalue weighted by Gasteiger charge is 2.14. The van der Waals surface area contributed by atoms with E-state index in [-0.39, 0.29) is 7.01 Å². The van der Waals surface area contributed by atoms with Gasteiger partial charge < -0.3 is 14.0 Å². The van der Waals surface area contributed by atoms with Crippen molar-refractivity contribution in [2.45, 2.75) is 0 Å². The van der Waals surface area contributed by atoms with Gasteiger partial charge in [-0.15, -0.1) is 0 Å². The van der Waals surface area contributed by atoms with Gasteiger partial charge in [0.05, 0.1) is 0 Å². The molecule has 3 nitrogen and oxygen atoms in total. The van der Waals surface area contributed by atoms with Crippen molar-refractivity contribution in [3.63, 3.8) is 0 Å². The van der Waals surface area contributed by atoms with Gasteiger partial charge in [0.15, 0.2) is 0 Å². The zero-order valence-electron chi connectivity index (χ0n) is 5.51. The summed E-state index contributed by atoms with van der Waals surface area (Å²) in [4.78, 5) is 0. The van der Waals surface area contributed by atoms with Gasteiger partial charge in [0, 0.05) is 21.3 Å². The Bertz CT molecular complexity index is 47.8. The van der Waals surface area contributed by atoms with Crippen molar-refractivity contribution in [1.29, 1.82) is 0 Å². The van der Waals surface area contributed by atoms with Crippen molar-refractivity contribution >= 4 is 14.4 Å². The zero-order chi connectivity index (χ0) is 6.41. The smallest absolute Gasteiger partial charge is 0.440 e. The minimum Gasteiger partial charge on any atom is -0.444 e. The van der Waals surface area contributed by atoms with E-state index >= 15 is 0 Å². The van der Waals surface area contributed by atoms with Gasteiger partial charge in [0.25, 0.3) is 0 Å². The van der Waals surface area contributed by atoms with E-state index < -0.39 is 0 Å². The first kappa shape index (κ1) is 8.01. The SMILES string of the molecule is COBB(OC)OC. The molecule has 0 atom stereocenters. The van der Waals surface area contributed by atoms with Crippen molar-refractivity contribution in [1.82, 2.24) is 0 Å². The van der Waals surface area contributed by atoms with Gasteiger partial charge in [-0.1, -0.05) is 0 Å². The monoisotopic (exact) mass is 116 g/mol. The predicted octanol–water partition coefficient (Wildman–Crippen LogP) is -0.738. The van der Waals surface area contributed by atoms with Crippen LogP contribution in [0.2, 0.25) is 0 Å². The van der Waals surface area contributed by atoms with E-state index in [4.69, 9.17) is 14.0 Å². The van der Waals surface area contributed by atoms with E-state index in [1.807, 2.05) is 0 Å². The zero-order valence-corrected chi connectivity index (χ0v) is 5.51. The molecule has 0 saturated carbocycles. The van der Waals surface area contributed by atoms with Crippen LogP contribution in [0.5, 0.6) is 0 Å². The molecule has 0 spiro atoms. The highest BCUT2D eigenvalue weighted by molar-refractivity contribution is 7.02. The van der Waals surface area contributed by atoms with Gasteiger partial charge >= 0.3 is 14.4 Å². The molecule has 0 saturated heterocycles. The Morgan fingerprint density at radius 3 is 1.75 bits per heavy atom. The van der Waals surface area contributed by atoms with Crippen LogP contribution >= 0.6 is 0 Å². The van der Waals surface area contributed by atoms with Gasteiger partial charge in [0.2, 0.25) is 0 Å². The van der Waals surface area contributed by atoms with E-state index in [1.165, 1.54) is 0 Å².